The van der Waals surface area contributed by atoms with Gasteiger partial charge in [0.25, 0.3) is 0 Å². The zero-order valence-corrected chi connectivity index (χ0v) is 34.0. The Hall–Kier alpha value is -7.72. The molecule has 0 amide bonds. The highest BCUT2D eigenvalue weighted by molar-refractivity contribution is 6.54. The van der Waals surface area contributed by atoms with Gasteiger partial charge in [0, 0.05) is 57.9 Å². The number of nitrogens with zero attached hydrogens (tertiary/aromatic N) is 6. The van der Waals surface area contributed by atoms with E-state index in [2.05, 4.69) is 10.9 Å². The van der Waals surface area contributed by atoms with Crippen LogP contribution >= 0.6 is 0 Å². The van der Waals surface area contributed by atoms with E-state index in [1.165, 1.54) is 0 Å². The van der Waals surface area contributed by atoms with Crippen molar-refractivity contribution in [2.24, 2.45) is 20.0 Å². The van der Waals surface area contributed by atoms with Gasteiger partial charge in [-0.05, 0) is 78.9 Å². The Labute approximate surface area is 358 Å². The van der Waals surface area contributed by atoms with Crippen LogP contribution in [-0.2, 0) is 2.84 Å². The van der Waals surface area contributed by atoms with Crippen molar-refractivity contribution < 1.29 is 26.8 Å². The first kappa shape index (κ1) is 37.5. The van der Waals surface area contributed by atoms with E-state index in [1.54, 1.807) is 85.5 Å². The van der Waals surface area contributed by atoms with Crippen LogP contribution in [0.4, 0.5) is 28.8 Å². The van der Waals surface area contributed by atoms with Crippen molar-refractivity contribution >= 4 is 106 Å². The van der Waals surface area contributed by atoms with Crippen molar-refractivity contribution in [2.45, 2.75) is 0 Å². The van der Waals surface area contributed by atoms with E-state index in [0.29, 0.717) is 89.8 Å². The molecule has 2 aliphatic rings. The Kier molecular flexibility index (Phi) is 10.2. The van der Waals surface area contributed by atoms with Crippen LogP contribution in [0, 0.1) is 17.9 Å². The quantitative estimate of drug-likeness (QED) is 0.123. The third kappa shape index (κ3) is 7.79. The fourth-order valence-electron chi connectivity index (χ4n) is 6.66. The molecule has 10 rings (SSSR count). The Morgan fingerprint density at radius 3 is 1.36 bits per heavy atom. The molecule has 8 aromatic rings. The fourth-order valence-corrected chi connectivity index (χ4v) is 10.1. The van der Waals surface area contributed by atoms with Gasteiger partial charge in [0.05, 0.1) is 41.2 Å². The lowest BCUT2D eigenvalue weighted by Gasteiger charge is -2.22. The largest absolute Gasteiger partial charge is 1.07 e. The summed E-state index contributed by atoms with van der Waals surface area (Å²) in [5.74, 6) is 2.27. The zero-order valence-electron chi connectivity index (χ0n) is 31.7. The molecular weight excluding hydrogens is 803 g/mol. The molecule has 15 heteroatoms. The third-order valence-electron chi connectivity index (χ3n) is 9.63. The first-order chi connectivity index (χ1) is 30.1. The fraction of sp³-hybridized carbons (Fsp3) is 0. The Morgan fingerprint density at radius 1 is 0.508 bits per heavy atom. The van der Waals surface area contributed by atoms with E-state index in [1.807, 2.05) is 72.8 Å². The lowest BCUT2D eigenvalue weighted by Crippen LogP contribution is -2.46. The molecule has 0 atom stereocenters. The van der Waals surface area contributed by atoms with Gasteiger partial charge < -0.3 is 26.8 Å². The maximum Gasteiger partial charge on any atom is 1.07 e. The minimum Gasteiger partial charge on any atom is -0.589 e. The van der Waals surface area contributed by atoms with Gasteiger partial charge >= 0.3 is 30.3 Å². The molecule has 2 aromatic heterocycles. The number of fused-ring (bicyclic) bond motifs is 10. The summed E-state index contributed by atoms with van der Waals surface area (Å²) in [5, 5.41) is 10.9. The number of hydrogen-bond donors (Lipinski definition) is 0. The van der Waals surface area contributed by atoms with Crippen molar-refractivity contribution in [3.05, 3.63) is 173 Å². The van der Waals surface area contributed by atoms with Crippen LogP contribution in [0.25, 0.3) is 26.8 Å². The summed E-state index contributed by atoms with van der Waals surface area (Å²) in [6.45, 7) is 7.57. The Bertz CT molecular complexity index is 3000. The van der Waals surface area contributed by atoms with E-state index < -0.39 is 30.3 Å². The number of nitriles is 1. The van der Waals surface area contributed by atoms with Gasteiger partial charge in [0.2, 0.25) is 11.8 Å². The van der Waals surface area contributed by atoms with Crippen molar-refractivity contribution in [2.75, 3.05) is 0 Å². The third-order valence-corrected chi connectivity index (χ3v) is 13.2. The van der Waals surface area contributed by atoms with Crippen LogP contribution in [0.5, 0.6) is 23.0 Å². The van der Waals surface area contributed by atoms with Gasteiger partial charge in [0.15, 0.2) is 5.69 Å². The van der Waals surface area contributed by atoms with Crippen LogP contribution in [0.2, 0.25) is 0 Å². The molecule has 4 heterocycles. The monoisotopic (exact) mass is 828 g/mol. The zero-order chi connectivity index (χ0) is 41.1. The van der Waals surface area contributed by atoms with Crippen LogP contribution in [0.15, 0.2) is 162 Å². The summed E-state index contributed by atoms with van der Waals surface area (Å²) in [6.07, 6.45) is 6.56. The number of furan rings is 2. The van der Waals surface area contributed by atoms with Crippen LogP contribution in [-0.4, -0.2) is 55.2 Å². The van der Waals surface area contributed by atoms with E-state index in [4.69, 9.17) is 53.4 Å². The molecule has 0 saturated carbocycles. The second-order valence-corrected chi connectivity index (χ2v) is 16.7. The normalized spacial score (nSPS) is 14.2. The van der Waals surface area contributed by atoms with Crippen LogP contribution in [0.3, 0.4) is 0 Å². The molecule has 0 bridgehead atoms. The van der Waals surface area contributed by atoms with Gasteiger partial charge in [-0.25, -0.2) is 24.8 Å². The second-order valence-electron chi connectivity index (χ2n) is 13.5. The predicted molar refractivity (Wildman–Crippen MR) is 233 cm³/mol. The van der Waals surface area contributed by atoms with E-state index in [-0.39, 0.29) is 11.8 Å². The Morgan fingerprint density at radius 2 is 0.918 bits per heavy atom. The summed E-state index contributed by atoms with van der Waals surface area (Å²) < 4.78 is 45.9. The number of benzene rings is 6. The molecule has 2 aliphatic heterocycles. The smallest absolute Gasteiger partial charge is 0.589 e. The summed E-state index contributed by atoms with van der Waals surface area (Å²) in [4.78, 5) is 22.7. The molecule has 0 spiro atoms. The molecule has 288 valence electrons. The lowest BCUT2D eigenvalue weighted by molar-refractivity contribution is 0.236. The average molecular weight is 829 g/mol. The SMILES string of the molecule is [C-]#[N+]c1ccc2oc3c(c2c1)N=Cc1ccccc1[O][Al]([O][Al]1[O]c2ccccc2C=Nc2c(oc4ccc(C#N)cc24)/N=C/c2ccccc2[O]1)[O]c1ccccc1/C=N/3. The molecule has 0 radical (unpaired) electrons. The summed E-state index contributed by atoms with van der Waals surface area (Å²) in [6, 6.07) is 41.9. The van der Waals surface area contributed by atoms with E-state index >= 15 is 0 Å². The maximum absolute atomic E-state index is 9.64. The first-order valence-corrected chi connectivity index (χ1v) is 21.7. The van der Waals surface area contributed by atoms with Crippen molar-refractivity contribution in [3.63, 3.8) is 0 Å². The molecule has 0 unspecified atom stereocenters. The van der Waals surface area contributed by atoms with Crippen molar-refractivity contribution in [1.82, 2.24) is 0 Å². The number of hydrogen-bond acceptors (Lipinski definition) is 12. The maximum atomic E-state index is 9.64. The summed E-state index contributed by atoms with van der Waals surface area (Å²) in [5.41, 5.74) is 5.37. The van der Waals surface area contributed by atoms with E-state index in [0.717, 1.165) is 0 Å². The number of rotatable bonds is 2. The number of aliphatic imine (C=N–C) groups is 4. The molecule has 0 N–H and O–H groups in total. The second kappa shape index (κ2) is 16.5. The molecule has 13 nitrogen and oxygen atoms in total. The standard InChI is InChI=1S/2C23H15N3O3.2Al.O/c1-24-17-10-11-21-18(12-17)22(25-13-15-6-2-4-8-19(15)27)23(29-21)26-14-16-7-3-5-9-20(16)28;24-12-15-9-10-21-18(11-15)22(25-13-16-5-1-3-7-19(16)27)23(29-21)26-14-17-6-2-4-8-20(17)28;;;/h2-14,27-28H;1-11,13-14,27-28H;;;/q;;2*+2;/p-4/b2*25-13?,26-14+;;;. The predicted octanol–water partition coefficient (Wildman–Crippen LogP) is 10.8. The van der Waals surface area contributed by atoms with Gasteiger partial charge in [-0.3, -0.25) is 0 Å². The topological polar surface area (TPSA) is 150 Å². The van der Waals surface area contributed by atoms with Crippen molar-refractivity contribution in [1.29, 1.82) is 5.26 Å². The van der Waals surface area contributed by atoms with Gasteiger partial charge in [-0.2, -0.15) is 5.26 Å². The van der Waals surface area contributed by atoms with Gasteiger partial charge in [-0.15, -0.1) is 0 Å². The summed E-state index contributed by atoms with van der Waals surface area (Å²) in [7, 11) is 0. The molecule has 0 aliphatic carbocycles. The average Bonchev–Trinajstić information content (AvgIpc) is 3.83. The minimum absolute atomic E-state index is 0.255. The number of para-hydroxylation sites is 4. The molecule has 6 aromatic carbocycles. The molecule has 61 heavy (non-hydrogen) atoms. The summed E-state index contributed by atoms with van der Waals surface area (Å²) >= 11 is -6.66. The van der Waals surface area contributed by atoms with Gasteiger partial charge in [0.1, 0.15) is 22.5 Å². The lowest BCUT2D eigenvalue weighted by atomic mass is 10.1. The molecular formula is C46H26Al2N6O7. The van der Waals surface area contributed by atoms with Crippen molar-refractivity contribution in [3.8, 4) is 29.1 Å². The highest BCUT2D eigenvalue weighted by atomic mass is 27.3. The molecule has 0 fully saturated rings. The highest BCUT2D eigenvalue weighted by Crippen LogP contribution is 2.42. The first-order valence-electron chi connectivity index (χ1n) is 18.8. The van der Waals surface area contributed by atoms with Gasteiger partial charge in [-0.1, -0.05) is 54.6 Å². The van der Waals surface area contributed by atoms with Crippen LogP contribution in [0.1, 0.15) is 27.8 Å². The van der Waals surface area contributed by atoms with Crippen LogP contribution < -0.4 is 15.2 Å². The minimum atomic E-state index is -3.33. The van der Waals surface area contributed by atoms with E-state index in [9.17, 15) is 5.26 Å². The highest BCUT2D eigenvalue weighted by Gasteiger charge is 2.53. The molecule has 0 saturated heterocycles. The Balaban J connectivity index is 1.06.